The van der Waals surface area contributed by atoms with Crippen LogP contribution in [0.4, 0.5) is 0 Å². The lowest BCUT2D eigenvalue weighted by molar-refractivity contribution is -0.133. The molecule has 4 fully saturated rings. The van der Waals surface area contributed by atoms with E-state index in [-0.39, 0.29) is 16.7 Å². The van der Waals surface area contributed by atoms with Crippen LogP contribution in [0, 0.1) is 46.3 Å². The molecule has 32 heavy (non-hydrogen) atoms. The number of nitrogens with one attached hydrogen (secondary N) is 1. The number of carbonyl (C=O) groups is 2. The van der Waals surface area contributed by atoms with Gasteiger partial charge < -0.3 is 10.4 Å². The molecular formula is C28H39NO3. The second kappa shape index (κ2) is 7.21. The first-order valence-corrected chi connectivity index (χ1v) is 13.2. The zero-order valence-corrected chi connectivity index (χ0v) is 19.7. The number of aliphatic carboxylic acids is 1. The minimum atomic E-state index is -0.758. The summed E-state index contributed by atoms with van der Waals surface area (Å²) >= 11 is 0. The smallest absolute Gasteiger partial charge is 0.331 e. The molecule has 0 radical (unpaired) electrons. The number of carboxylic acid groups (broad SMARTS) is 1. The van der Waals surface area contributed by atoms with Gasteiger partial charge in [-0.15, -0.1) is 0 Å². The van der Waals surface area contributed by atoms with E-state index in [0.29, 0.717) is 41.7 Å². The van der Waals surface area contributed by atoms with Gasteiger partial charge in [-0.05, 0) is 116 Å². The maximum Gasteiger partial charge on any atom is 0.331 e. The van der Waals surface area contributed by atoms with Gasteiger partial charge in [-0.3, -0.25) is 4.79 Å². The number of allylic oxidation sites excluding steroid dienone is 3. The predicted octanol–water partition coefficient (Wildman–Crippen LogP) is 5.49. The lowest BCUT2D eigenvalue weighted by atomic mass is 9.48. The van der Waals surface area contributed by atoms with Gasteiger partial charge in [0.05, 0.1) is 0 Å². The van der Waals surface area contributed by atoms with Crippen molar-refractivity contribution in [2.75, 3.05) is 0 Å². The molecule has 0 aromatic carbocycles. The van der Waals surface area contributed by atoms with Crippen LogP contribution in [0.1, 0.15) is 84.5 Å². The summed E-state index contributed by atoms with van der Waals surface area (Å²) in [5.74, 6) is 3.26. The lowest BCUT2D eigenvalue weighted by Gasteiger charge is -2.57. The van der Waals surface area contributed by atoms with Gasteiger partial charge in [-0.2, -0.15) is 0 Å². The molecule has 0 aliphatic heterocycles. The molecule has 0 heterocycles. The Labute approximate surface area is 192 Å². The first-order valence-electron chi connectivity index (χ1n) is 13.2. The standard InChI is InChI=1S/C28H39NO3/c1-27-11-9-18(26(31)32)15-19(27)5-6-20-21-7-8-23(28(21,2)12-10-22(20)27)25(30)29-24-14-16-3-4-17(24)13-16/h5,15-17,20-24H,3-4,6-14H2,1-2H3,(H,29,30)(H,31,32)/t16?,17?,20-,21-,22-,23+,24?,27-,28-/m0/s1. The highest BCUT2D eigenvalue weighted by Crippen LogP contribution is 2.66. The topological polar surface area (TPSA) is 66.4 Å². The molecular weight excluding hydrogens is 398 g/mol. The molecule has 0 aromatic heterocycles. The van der Waals surface area contributed by atoms with Gasteiger partial charge in [0.1, 0.15) is 0 Å². The molecule has 2 bridgehead atoms. The maximum atomic E-state index is 13.5. The average Bonchev–Trinajstić information content (AvgIpc) is 3.46. The van der Waals surface area contributed by atoms with Gasteiger partial charge in [0.15, 0.2) is 0 Å². The summed E-state index contributed by atoms with van der Waals surface area (Å²) in [7, 11) is 0. The SMILES string of the molecule is C[C@]12CC[C@H]3[C@@H](CC=C4C=C(C(=O)O)CC[C@@]43C)[C@@H]1CC[C@@H]2C(=O)NC1CC2CCC1C2. The van der Waals surface area contributed by atoms with Gasteiger partial charge in [0.25, 0.3) is 0 Å². The van der Waals surface area contributed by atoms with Crippen LogP contribution in [0.25, 0.3) is 0 Å². The lowest BCUT2D eigenvalue weighted by Crippen LogP contribution is -2.52. The monoisotopic (exact) mass is 437 g/mol. The summed E-state index contributed by atoms with van der Waals surface area (Å²) in [5.41, 5.74) is 2.08. The van der Waals surface area contributed by atoms with Crippen LogP contribution >= 0.6 is 0 Å². The highest BCUT2D eigenvalue weighted by Gasteiger charge is 2.60. The molecule has 4 heteroatoms. The number of hydrogen-bond acceptors (Lipinski definition) is 2. The molecule has 6 aliphatic rings. The van der Waals surface area contributed by atoms with Crippen LogP contribution in [0.15, 0.2) is 23.3 Å². The van der Waals surface area contributed by atoms with Crippen LogP contribution in [0.3, 0.4) is 0 Å². The van der Waals surface area contributed by atoms with E-state index < -0.39 is 5.97 Å². The molecule has 0 aromatic rings. The van der Waals surface area contributed by atoms with E-state index >= 15 is 0 Å². The quantitative estimate of drug-likeness (QED) is 0.613. The summed E-state index contributed by atoms with van der Waals surface area (Å²) in [4.78, 5) is 25.0. The molecule has 6 aliphatic carbocycles. The predicted molar refractivity (Wildman–Crippen MR) is 124 cm³/mol. The Bertz CT molecular complexity index is 904. The number of carbonyl (C=O) groups excluding carboxylic acids is 1. The fourth-order valence-electron chi connectivity index (χ4n) is 9.63. The zero-order chi connectivity index (χ0) is 22.3. The zero-order valence-electron chi connectivity index (χ0n) is 19.7. The maximum absolute atomic E-state index is 13.5. The summed E-state index contributed by atoms with van der Waals surface area (Å²) in [6.45, 7) is 4.82. The van der Waals surface area contributed by atoms with Crippen molar-refractivity contribution in [3.8, 4) is 0 Å². The summed E-state index contributed by atoms with van der Waals surface area (Å²) < 4.78 is 0. The molecule has 4 saturated carbocycles. The first kappa shape index (κ1) is 21.0. The third kappa shape index (κ3) is 2.93. The van der Waals surface area contributed by atoms with Gasteiger partial charge in [0, 0.05) is 17.5 Å². The van der Waals surface area contributed by atoms with Gasteiger partial charge in [-0.1, -0.05) is 26.3 Å². The van der Waals surface area contributed by atoms with E-state index in [1.54, 1.807) is 0 Å². The fourth-order valence-corrected chi connectivity index (χ4v) is 9.63. The number of hydrogen-bond donors (Lipinski definition) is 2. The Morgan fingerprint density at radius 1 is 1.03 bits per heavy atom. The van der Waals surface area contributed by atoms with Crippen LogP contribution in [0.5, 0.6) is 0 Å². The largest absolute Gasteiger partial charge is 0.478 e. The minimum Gasteiger partial charge on any atom is -0.478 e. The summed E-state index contributed by atoms with van der Waals surface area (Å²) in [6, 6.07) is 0.441. The Morgan fingerprint density at radius 3 is 2.59 bits per heavy atom. The van der Waals surface area contributed by atoms with E-state index in [0.717, 1.165) is 37.5 Å². The van der Waals surface area contributed by atoms with E-state index in [1.165, 1.54) is 44.1 Å². The first-order chi connectivity index (χ1) is 15.3. The highest BCUT2D eigenvalue weighted by atomic mass is 16.4. The van der Waals surface area contributed by atoms with Crippen molar-refractivity contribution in [1.29, 1.82) is 0 Å². The normalized spacial score (nSPS) is 48.9. The van der Waals surface area contributed by atoms with Gasteiger partial charge in [0.2, 0.25) is 5.91 Å². The molecule has 3 unspecified atom stereocenters. The fraction of sp³-hybridized carbons (Fsp3) is 0.786. The van der Waals surface area contributed by atoms with Crippen molar-refractivity contribution >= 4 is 11.9 Å². The van der Waals surface area contributed by atoms with Crippen LogP contribution in [-0.4, -0.2) is 23.0 Å². The van der Waals surface area contributed by atoms with E-state index in [9.17, 15) is 14.7 Å². The van der Waals surface area contributed by atoms with Gasteiger partial charge in [-0.25, -0.2) is 4.79 Å². The highest BCUT2D eigenvalue weighted by molar-refractivity contribution is 5.87. The van der Waals surface area contributed by atoms with E-state index in [4.69, 9.17) is 0 Å². The molecule has 9 atom stereocenters. The molecule has 1 amide bonds. The average molecular weight is 438 g/mol. The molecule has 4 nitrogen and oxygen atoms in total. The Hall–Kier alpha value is -1.58. The van der Waals surface area contributed by atoms with E-state index in [1.807, 2.05) is 6.08 Å². The third-order valence-corrected chi connectivity index (χ3v) is 11.4. The Kier molecular flexibility index (Phi) is 4.73. The number of rotatable bonds is 3. The van der Waals surface area contributed by atoms with Crippen molar-refractivity contribution in [2.24, 2.45) is 46.3 Å². The number of fused-ring (bicyclic) bond motifs is 7. The van der Waals surface area contributed by atoms with Crippen molar-refractivity contribution in [3.63, 3.8) is 0 Å². The van der Waals surface area contributed by atoms with E-state index in [2.05, 4.69) is 25.2 Å². The Balaban J connectivity index is 1.21. The van der Waals surface area contributed by atoms with Crippen molar-refractivity contribution in [2.45, 2.75) is 90.5 Å². The van der Waals surface area contributed by atoms with Crippen LogP contribution < -0.4 is 5.32 Å². The summed E-state index contributed by atoms with van der Waals surface area (Å²) in [6.07, 6.45) is 16.8. The second-order valence-electron chi connectivity index (χ2n) is 12.6. The molecule has 6 rings (SSSR count). The van der Waals surface area contributed by atoms with Crippen LogP contribution in [0.2, 0.25) is 0 Å². The number of amides is 1. The second-order valence-corrected chi connectivity index (χ2v) is 12.6. The van der Waals surface area contributed by atoms with Crippen molar-refractivity contribution < 1.29 is 14.7 Å². The van der Waals surface area contributed by atoms with Gasteiger partial charge >= 0.3 is 5.97 Å². The molecule has 174 valence electrons. The molecule has 0 saturated heterocycles. The van der Waals surface area contributed by atoms with Crippen LogP contribution in [-0.2, 0) is 9.59 Å². The molecule has 0 spiro atoms. The van der Waals surface area contributed by atoms with Crippen molar-refractivity contribution in [3.05, 3.63) is 23.3 Å². The van der Waals surface area contributed by atoms with Crippen molar-refractivity contribution in [1.82, 2.24) is 5.32 Å². The Morgan fingerprint density at radius 2 is 1.88 bits per heavy atom. The minimum absolute atomic E-state index is 0.104. The molecule has 2 N–H and O–H groups in total. The third-order valence-electron chi connectivity index (χ3n) is 11.4. The summed E-state index contributed by atoms with van der Waals surface area (Å²) in [5, 5.41) is 13.0. The number of carboxylic acids is 1.